The van der Waals surface area contributed by atoms with E-state index in [9.17, 15) is 19.5 Å². The predicted molar refractivity (Wildman–Crippen MR) is 128 cm³/mol. The standard InChI is InChI=1S/C13H22O4.C13H20O4/c2*1-3-4-6-11-9-12(15)13(17-11)7-5-8-16-10(2)14/h5,8,11-13,15H,3-4,6-7,9H2,1-2H3;5,8,11,13H,3-4,6-7,9H2,1-2H3/b2*8-5+/t11-,12+,13-;11-,13-/m00/s1. The molecule has 8 heteroatoms. The van der Waals surface area contributed by atoms with Gasteiger partial charge in [0.25, 0.3) is 0 Å². The van der Waals surface area contributed by atoms with Crippen molar-refractivity contribution in [1.29, 1.82) is 0 Å². The molecule has 34 heavy (non-hydrogen) atoms. The van der Waals surface area contributed by atoms with E-state index in [-0.39, 0.29) is 42.1 Å². The van der Waals surface area contributed by atoms with E-state index < -0.39 is 6.10 Å². The predicted octanol–water partition coefficient (Wildman–Crippen LogP) is 4.53. The van der Waals surface area contributed by atoms with E-state index in [4.69, 9.17) is 9.47 Å². The summed E-state index contributed by atoms with van der Waals surface area (Å²) < 4.78 is 20.7. The Morgan fingerprint density at radius 2 is 1.50 bits per heavy atom. The molecule has 0 aliphatic carbocycles. The highest BCUT2D eigenvalue weighted by Crippen LogP contribution is 2.26. The molecule has 0 unspecified atom stereocenters. The van der Waals surface area contributed by atoms with Crippen molar-refractivity contribution in [2.45, 2.75) is 122 Å². The molecule has 2 rings (SSSR count). The van der Waals surface area contributed by atoms with Gasteiger partial charge in [-0.05, 0) is 31.4 Å². The van der Waals surface area contributed by atoms with Crippen molar-refractivity contribution < 1.29 is 38.4 Å². The lowest BCUT2D eigenvalue weighted by molar-refractivity contribution is -0.136. The van der Waals surface area contributed by atoms with Gasteiger partial charge in [-0.3, -0.25) is 14.4 Å². The van der Waals surface area contributed by atoms with Crippen LogP contribution in [0.4, 0.5) is 0 Å². The lowest BCUT2D eigenvalue weighted by Crippen LogP contribution is -2.19. The summed E-state index contributed by atoms with van der Waals surface area (Å²) in [5.41, 5.74) is 0. The molecule has 0 bridgehead atoms. The van der Waals surface area contributed by atoms with Gasteiger partial charge in [0, 0.05) is 33.1 Å². The smallest absolute Gasteiger partial charge is 0.307 e. The third-order valence-corrected chi connectivity index (χ3v) is 5.58. The van der Waals surface area contributed by atoms with Crippen LogP contribution in [0.15, 0.2) is 24.7 Å². The molecule has 0 aromatic rings. The monoisotopic (exact) mass is 482 g/mol. The van der Waals surface area contributed by atoms with Crippen LogP contribution in [0.1, 0.15) is 91.9 Å². The SMILES string of the molecule is CCCC[C@H]1CC(=O)[C@H](C/C=C/OC(C)=O)O1.CCCC[C@H]1C[C@@H](O)[C@H](C/C=C/OC(C)=O)O1. The topological polar surface area (TPSA) is 108 Å². The number of hydrogen-bond donors (Lipinski definition) is 1. The Morgan fingerprint density at radius 3 is 2.06 bits per heavy atom. The molecule has 5 atom stereocenters. The molecule has 1 N–H and O–H groups in total. The van der Waals surface area contributed by atoms with Crippen molar-refractivity contribution in [2.24, 2.45) is 0 Å². The fourth-order valence-corrected chi connectivity index (χ4v) is 3.80. The normalized spacial score (nSPS) is 26.6. The second kappa shape index (κ2) is 17.4. The number of aliphatic hydroxyl groups excluding tert-OH is 1. The summed E-state index contributed by atoms with van der Waals surface area (Å²) in [6.45, 7) is 6.95. The summed E-state index contributed by atoms with van der Waals surface area (Å²) in [7, 11) is 0. The molecule has 0 radical (unpaired) electrons. The molecule has 0 aromatic carbocycles. The highest BCUT2D eigenvalue weighted by molar-refractivity contribution is 5.85. The zero-order chi connectivity index (χ0) is 25.3. The highest BCUT2D eigenvalue weighted by atomic mass is 16.5. The Kier molecular flexibility index (Phi) is 15.4. The van der Waals surface area contributed by atoms with Gasteiger partial charge in [-0.2, -0.15) is 0 Å². The number of rotatable bonds is 12. The second-order valence-electron chi connectivity index (χ2n) is 8.74. The van der Waals surface area contributed by atoms with Crippen LogP contribution < -0.4 is 0 Å². The third kappa shape index (κ3) is 13.0. The average molecular weight is 483 g/mol. The van der Waals surface area contributed by atoms with Crippen molar-refractivity contribution in [3.63, 3.8) is 0 Å². The Hall–Kier alpha value is -2.03. The van der Waals surface area contributed by atoms with Gasteiger partial charge < -0.3 is 24.1 Å². The van der Waals surface area contributed by atoms with Gasteiger partial charge >= 0.3 is 11.9 Å². The Balaban J connectivity index is 0.000000340. The van der Waals surface area contributed by atoms with Gasteiger partial charge in [0.15, 0.2) is 5.78 Å². The molecule has 2 saturated heterocycles. The summed E-state index contributed by atoms with van der Waals surface area (Å²) in [4.78, 5) is 32.6. The zero-order valence-electron chi connectivity index (χ0n) is 21.1. The molecule has 2 heterocycles. The molecule has 2 fully saturated rings. The van der Waals surface area contributed by atoms with Gasteiger partial charge in [0.05, 0.1) is 36.9 Å². The second-order valence-corrected chi connectivity index (χ2v) is 8.74. The van der Waals surface area contributed by atoms with E-state index in [1.54, 1.807) is 12.2 Å². The molecule has 194 valence electrons. The molecular formula is C26H42O8. The van der Waals surface area contributed by atoms with Crippen LogP contribution in [-0.2, 0) is 33.3 Å². The zero-order valence-corrected chi connectivity index (χ0v) is 21.1. The number of hydrogen-bond acceptors (Lipinski definition) is 8. The Bertz CT molecular complexity index is 672. The first kappa shape index (κ1) is 30.0. The van der Waals surface area contributed by atoms with E-state index >= 15 is 0 Å². The molecule has 0 aromatic heterocycles. The highest BCUT2D eigenvalue weighted by Gasteiger charge is 2.33. The lowest BCUT2D eigenvalue weighted by Gasteiger charge is -2.12. The minimum Gasteiger partial charge on any atom is -0.435 e. The summed E-state index contributed by atoms with van der Waals surface area (Å²) in [6.07, 6.45) is 14.1. The van der Waals surface area contributed by atoms with Crippen LogP contribution >= 0.6 is 0 Å². The maximum Gasteiger partial charge on any atom is 0.307 e. The molecule has 8 nitrogen and oxygen atoms in total. The number of carbonyl (C=O) groups is 3. The Morgan fingerprint density at radius 1 is 0.941 bits per heavy atom. The van der Waals surface area contributed by atoms with Crippen molar-refractivity contribution in [3.05, 3.63) is 24.7 Å². The summed E-state index contributed by atoms with van der Waals surface area (Å²) in [5, 5.41) is 9.80. The van der Waals surface area contributed by atoms with Crippen molar-refractivity contribution in [1.82, 2.24) is 0 Å². The fraction of sp³-hybridized carbons (Fsp3) is 0.731. The summed E-state index contributed by atoms with van der Waals surface area (Å²) in [6, 6.07) is 0. The maximum atomic E-state index is 11.6. The lowest BCUT2D eigenvalue weighted by atomic mass is 10.1. The molecule has 0 amide bonds. The van der Waals surface area contributed by atoms with E-state index in [2.05, 4.69) is 23.3 Å². The Labute approximate surface area is 203 Å². The van der Waals surface area contributed by atoms with Crippen LogP contribution in [0.25, 0.3) is 0 Å². The first-order valence-electron chi connectivity index (χ1n) is 12.4. The average Bonchev–Trinajstić information content (AvgIpc) is 3.32. The van der Waals surface area contributed by atoms with E-state index in [0.29, 0.717) is 25.7 Å². The van der Waals surface area contributed by atoms with Gasteiger partial charge in [-0.1, -0.05) is 39.5 Å². The third-order valence-electron chi connectivity index (χ3n) is 5.58. The van der Waals surface area contributed by atoms with Crippen LogP contribution in [0.2, 0.25) is 0 Å². The van der Waals surface area contributed by atoms with E-state index in [1.807, 2.05) is 0 Å². The van der Waals surface area contributed by atoms with Crippen LogP contribution in [0.3, 0.4) is 0 Å². The number of ketones is 1. The van der Waals surface area contributed by atoms with Gasteiger partial charge in [0.2, 0.25) is 0 Å². The number of ether oxygens (including phenoxy) is 4. The summed E-state index contributed by atoms with van der Waals surface area (Å²) in [5.74, 6) is -0.547. The first-order valence-corrected chi connectivity index (χ1v) is 12.4. The largest absolute Gasteiger partial charge is 0.435 e. The number of carbonyl (C=O) groups excluding carboxylic acids is 3. The quantitative estimate of drug-likeness (QED) is 0.319. The van der Waals surface area contributed by atoms with Crippen molar-refractivity contribution in [2.75, 3.05) is 0 Å². The molecular weight excluding hydrogens is 440 g/mol. The fourth-order valence-electron chi connectivity index (χ4n) is 3.80. The van der Waals surface area contributed by atoms with Gasteiger partial charge in [0.1, 0.15) is 6.10 Å². The maximum absolute atomic E-state index is 11.6. The van der Waals surface area contributed by atoms with Crippen LogP contribution in [0, 0.1) is 0 Å². The minimum absolute atomic E-state index is 0.0783. The number of esters is 2. The van der Waals surface area contributed by atoms with Crippen LogP contribution in [-0.4, -0.2) is 53.3 Å². The van der Waals surface area contributed by atoms with Crippen molar-refractivity contribution in [3.8, 4) is 0 Å². The molecule has 2 aliphatic rings. The van der Waals surface area contributed by atoms with Crippen molar-refractivity contribution >= 4 is 17.7 Å². The molecule has 0 saturated carbocycles. The van der Waals surface area contributed by atoms with E-state index in [1.165, 1.54) is 26.4 Å². The molecule has 0 spiro atoms. The number of Topliss-reactive ketones (excluding diaryl/α,β-unsaturated/α-hetero) is 1. The van der Waals surface area contributed by atoms with Crippen LogP contribution in [0.5, 0.6) is 0 Å². The van der Waals surface area contributed by atoms with Gasteiger partial charge in [-0.25, -0.2) is 0 Å². The number of unbranched alkanes of at least 4 members (excludes halogenated alkanes) is 2. The first-order chi connectivity index (χ1) is 16.3. The summed E-state index contributed by atoms with van der Waals surface area (Å²) >= 11 is 0. The minimum atomic E-state index is -0.404. The van der Waals surface area contributed by atoms with E-state index in [0.717, 1.165) is 38.5 Å². The molecule has 2 aliphatic heterocycles. The number of aliphatic hydroxyl groups is 1. The van der Waals surface area contributed by atoms with Gasteiger partial charge in [-0.15, -0.1) is 0 Å².